The zero-order valence-electron chi connectivity index (χ0n) is 16.8. The molecule has 0 radical (unpaired) electrons. The van der Waals surface area contributed by atoms with Crippen LogP contribution in [0.2, 0.25) is 0 Å². The predicted molar refractivity (Wildman–Crippen MR) is 124 cm³/mol. The maximum absolute atomic E-state index is 10.8. The van der Waals surface area contributed by atoms with Crippen LogP contribution in [0.15, 0.2) is 81.5 Å². The summed E-state index contributed by atoms with van der Waals surface area (Å²) in [7, 11) is 0. The molecule has 0 N–H and O–H groups in total. The molecule has 0 saturated carbocycles. The van der Waals surface area contributed by atoms with Crippen LogP contribution in [-0.4, -0.2) is 24.2 Å². The van der Waals surface area contributed by atoms with E-state index in [1.54, 1.807) is 23.9 Å². The minimum Gasteiger partial charge on any atom is -0.372 e. The second-order valence-corrected chi connectivity index (χ2v) is 8.49. The standard InChI is InChI=1S/C24H23N3O2S/c1-18-16-22(26-14-2-3-15-26)7-4-19(18)17-25-20-5-10-23(11-6-20)30-24-12-8-21(9-13-24)27(28)29/h4-13,16-17H,2-3,14-15H2,1H3. The molecule has 1 fully saturated rings. The Morgan fingerprint density at radius 1 is 0.967 bits per heavy atom. The first-order valence-electron chi connectivity index (χ1n) is 10.0. The molecule has 1 aliphatic rings. The zero-order valence-corrected chi connectivity index (χ0v) is 17.6. The molecule has 0 bridgehead atoms. The lowest BCUT2D eigenvalue weighted by Crippen LogP contribution is -2.17. The molecule has 3 aromatic rings. The fourth-order valence-electron chi connectivity index (χ4n) is 3.49. The van der Waals surface area contributed by atoms with E-state index in [-0.39, 0.29) is 10.6 Å². The van der Waals surface area contributed by atoms with Crippen LogP contribution in [0.5, 0.6) is 0 Å². The van der Waals surface area contributed by atoms with Crippen LogP contribution < -0.4 is 4.90 Å². The number of rotatable bonds is 6. The van der Waals surface area contributed by atoms with Crippen molar-refractivity contribution in [1.29, 1.82) is 0 Å². The summed E-state index contributed by atoms with van der Waals surface area (Å²) >= 11 is 1.57. The van der Waals surface area contributed by atoms with Crippen molar-refractivity contribution in [2.45, 2.75) is 29.6 Å². The molecule has 0 atom stereocenters. The van der Waals surface area contributed by atoms with Gasteiger partial charge in [0.15, 0.2) is 0 Å². The number of nitro groups is 1. The van der Waals surface area contributed by atoms with Gasteiger partial charge < -0.3 is 4.90 Å². The highest BCUT2D eigenvalue weighted by Crippen LogP contribution is 2.30. The number of hydrogen-bond acceptors (Lipinski definition) is 5. The molecule has 4 rings (SSSR count). The molecule has 1 saturated heterocycles. The van der Waals surface area contributed by atoms with Crippen molar-refractivity contribution in [2.75, 3.05) is 18.0 Å². The summed E-state index contributed by atoms with van der Waals surface area (Å²) in [4.78, 5) is 19.5. The number of aryl methyl sites for hydroxylation is 1. The molecule has 0 amide bonds. The Morgan fingerprint density at radius 2 is 1.60 bits per heavy atom. The highest BCUT2D eigenvalue weighted by Gasteiger charge is 2.12. The molecular formula is C24H23N3O2S. The molecular weight excluding hydrogens is 394 g/mol. The Hall–Kier alpha value is -3.12. The van der Waals surface area contributed by atoms with Gasteiger partial charge in [0.25, 0.3) is 5.69 Å². The minimum absolute atomic E-state index is 0.104. The van der Waals surface area contributed by atoms with Crippen molar-refractivity contribution in [3.63, 3.8) is 0 Å². The molecule has 0 aliphatic carbocycles. The first-order chi connectivity index (χ1) is 14.6. The van der Waals surface area contributed by atoms with Crippen molar-refractivity contribution in [1.82, 2.24) is 0 Å². The summed E-state index contributed by atoms with van der Waals surface area (Å²) < 4.78 is 0. The van der Waals surface area contributed by atoms with Gasteiger partial charge in [0, 0.05) is 46.9 Å². The fraction of sp³-hybridized carbons (Fsp3) is 0.208. The molecule has 1 heterocycles. The summed E-state index contributed by atoms with van der Waals surface area (Å²) in [5.41, 5.74) is 4.66. The van der Waals surface area contributed by atoms with E-state index in [1.807, 2.05) is 30.5 Å². The van der Waals surface area contributed by atoms with Gasteiger partial charge in [0.2, 0.25) is 0 Å². The molecule has 30 heavy (non-hydrogen) atoms. The SMILES string of the molecule is Cc1cc(N2CCCC2)ccc1C=Nc1ccc(Sc2ccc([N+](=O)[O-])cc2)cc1. The Morgan fingerprint density at radius 3 is 2.20 bits per heavy atom. The third kappa shape index (κ3) is 4.89. The maximum atomic E-state index is 10.8. The molecule has 0 unspecified atom stereocenters. The topological polar surface area (TPSA) is 58.7 Å². The van der Waals surface area contributed by atoms with E-state index in [9.17, 15) is 10.1 Å². The van der Waals surface area contributed by atoms with E-state index in [2.05, 4.69) is 35.0 Å². The van der Waals surface area contributed by atoms with Crippen molar-refractivity contribution in [3.05, 3.63) is 88.0 Å². The van der Waals surface area contributed by atoms with Crippen LogP contribution >= 0.6 is 11.8 Å². The van der Waals surface area contributed by atoms with Crippen LogP contribution in [0, 0.1) is 17.0 Å². The van der Waals surface area contributed by atoms with Gasteiger partial charge in [-0.25, -0.2) is 0 Å². The van der Waals surface area contributed by atoms with Crippen LogP contribution in [0.4, 0.5) is 17.1 Å². The van der Waals surface area contributed by atoms with Gasteiger partial charge in [0.05, 0.1) is 10.6 Å². The lowest BCUT2D eigenvalue weighted by molar-refractivity contribution is -0.384. The number of nitrogens with zero attached hydrogens (tertiary/aromatic N) is 3. The lowest BCUT2D eigenvalue weighted by Gasteiger charge is -2.18. The third-order valence-electron chi connectivity index (χ3n) is 5.20. The number of aliphatic imine (C=N–C) groups is 1. The van der Waals surface area contributed by atoms with Gasteiger partial charge in [-0.3, -0.25) is 15.1 Å². The molecule has 6 heteroatoms. The second kappa shape index (κ2) is 9.13. The summed E-state index contributed by atoms with van der Waals surface area (Å²) in [6, 6.07) is 21.2. The van der Waals surface area contributed by atoms with E-state index in [0.29, 0.717) is 0 Å². The van der Waals surface area contributed by atoms with Crippen molar-refractivity contribution < 1.29 is 4.92 Å². The maximum Gasteiger partial charge on any atom is 0.269 e. The van der Waals surface area contributed by atoms with Crippen LogP contribution in [-0.2, 0) is 0 Å². The van der Waals surface area contributed by atoms with Crippen LogP contribution in [0.25, 0.3) is 0 Å². The van der Waals surface area contributed by atoms with E-state index >= 15 is 0 Å². The lowest BCUT2D eigenvalue weighted by atomic mass is 10.1. The van der Waals surface area contributed by atoms with E-state index < -0.39 is 0 Å². The monoisotopic (exact) mass is 417 g/mol. The van der Waals surface area contributed by atoms with Gasteiger partial charge in [-0.2, -0.15) is 0 Å². The smallest absolute Gasteiger partial charge is 0.269 e. The summed E-state index contributed by atoms with van der Waals surface area (Å²) in [6.07, 6.45) is 4.48. The van der Waals surface area contributed by atoms with Gasteiger partial charge in [-0.1, -0.05) is 17.8 Å². The molecule has 152 valence electrons. The van der Waals surface area contributed by atoms with E-state index in [0.717, 1.165) is 34.1 Å². The van der Waals surface area contributed by atoms with Crippen molar-refractivity contribution in [3.8, 4) is 0 Å². The van der Waals surface area contributed by atoms with Crippen LogP contribution in [0.1, 0.15) is 24.0 Å². The second-order valence-electron chi connectivity index (χ2n) is 7.34. The third-order valence-corrected chi connectivity index (χ3v) is 6.21. The Balaban J connectivity index is 1.40. The van der Waals surface area contributed by atoms with Crippen molar-refractivity contribution in [2.24, 2.45) is 4.99 Å². The van der Waals surface area contributed by atoms with Gasteiger partial charge in [-0.15, -0.1) is 0 Å². The average molecular weight is 418 g/mol. The molecule has 0 spiro atoms. The van der Waals surface area contributed by atoms with Crippen molar-refractivity contribution >= 4 is 35.0 Å². The number of anilines is 1. The summed E-state index contributed by atoms with van der Waals surface area (Å²) in [6.45, 7) is 4.43. The first kappa shape index (κ1) is 20.2. The predicted octanol–water partition coefficient (Wildman–Crippen LogP) is 6.41. The van der Waals surface area contributed by atoms with Gasteiger partial charge in [0.1, 0.15) is 0 Å². The summed E-state index contributed by atoms with van der Waals surface area (Å²) in [5.74, 6) is 0. The van der Waals surface area contributed by atoms with Gasteiger partial charge in [-0.05, 0) is 79.4 Å². The number of benzene rings is 3. The highest BCUT2D eigenvalue weighted by molar-refractivity contribution is 7.99. The normalized spacial score (nSPS) is 13.8. The first-order valence-corrected chi connectivity index (χ1v) is 10.8. The summed E-state index contributed by atoms with van der Waals surface area (Å²) in [5, 5.41) is 10.8. The number of hydrogen-bond donors (Lipinski definition) is 0. The van der Waals surface area contributed by atoms with Gasteiger partial charge >= 0.3 is 0 Å². The number of non-ortho nitro benzene ring substituents is 1. The Bertz CT molecular complexity index is 1060. The fourth-order valence-corrected chi connectivity index (χ4v) is 4.31. The quantitative estimate of drug-likeness (QED) is 0.264. The molecule has 0 aromatic heterocycles. The Labute approximate surface area is 180 Å². The Kier molecular flexibility index (Phi) is 6.14. The average Bonchev–Trinajstić information content (AvgIpc) is 3.29. The molecule has 1 aliphatic heterocycles. The van der Waals surface area contributed by atoms with Crippen LogP contribution in [0.3, 0.4) is 0 Å². The highest BCUT2D eigenvalue weighted by atomic mass is 32.2. The number of nitro benzene ring substituents is 1. The largest absolute Gasteiger partial charge is 0.372 e. The van der Waals surface area contributed by atoms with E-state index in [1.165, 1.54) is 36.2 Å². The van der Waals surface area contributed by atoms with E-state index in [4.69, 9.17) is 0 Å². The molecule has 3 aromatic carbocycles. The zero-order chi connectivity index (χ0) is 20.9. The minimum atomic E-state index is -0.386. The molecule has 5 nitrogen and oxygen atoms in total.